The number of nitrogens with two attached hydrogens (primary N) is 1. The van der Waals surface area contributed by atoms with Gasteiger partial charge in [-0.1, -0.05) is 36.4 Å². The second-order valence-corrected chi connectivity index (χ2v) is 8.09. The first-order valence-electron chi connectivity index (χ1n) is 11.0. The van der Waals surface area contributed by atoms with E-state index in [1.807, 2.05) is 55.5 Å². The number of benzene rings is 2. The number of nitrogens with zero attached hydrogens (tertiary/aromatic N) is 1. The van der Waals surface area contributed by atoms with Crippen molar-refractivity contribution in [2.24, 2.45) is 5.73 Å². The molecule has 2 aromatic carbocycles. The van der Waals surface area contributed by atoms with Crippen LogP contribution in [0, 0.1) is 6.92 Å². The van der Waals surface area contributed by atoms with Gasteiger partial charge in [0.25, 0.3) is 5.56 Å². The molecule has 8 nitrogen and oxygen atoms in total. The SMILES string of the molecule is CCOC(=O)C1=C(N)Oc2cc(C)n(Cc3ccc4c(c3)OCO4)c(=O)c2[C@H]1c1ccccc1. The average molecular weight is 460 g/mol. The Bertz CT molecular complexity index is 1360. The molecular weight excluding hydrogens is 436 g/mol. The van der Waals surface area contributed by atoms with E-state index in [0.717, 1.165) is 11.1 Å². The van der Waals surface area contributed by atoms with E-state index in [0.29, 0.717) is 35.1 Å². The topological polar surface area (TPSA) is 102 Å². The van der Waals surface area contributed by atoms with Crippen molar-refractivity contribution in [1.82, 2.24) is 4.57 Å². The zero-order valence-corrected chi connectivity index (χ0v) is 18.9. The van der Waals surface area contributed by atoms with Crippen LogP contribution < -0.4 is 25.5 Å². The maximum atomic E-state index is 13.9. The lowest BCUT2D eigenvalue weighted by molar-refractivity contribution is -0.139. The number of ether oxygens (including phenoxy) is 4. The molecule has 34 heavy (non-hydrogen) atoms. The monoisotopic (exact) mass is 460 g/mol. The summed E-state index contributed by atoms with van der Waals surface area (Å²) in [5.74, 6) is 0.264. The summed E-state index contributed by atoms with van der Waals surface area (Å²) in [6.45, 7) is 4.20. The van der Waals surface area contributed by atoms with Crippen LogP contribution in [0.15, 0.2) is 70.8 Å². The quantitative estimate of drug-likeness (QED) is 0.584. The molecular formula is C26H24N2O6. The Hall–Kier alpha value is -4.20. The van der Waals surface area contributed by atoms with Gasteiger partial charge in [-0.05, 0) is 37.1 Å². The Morgan fingerprint density at radius 1 is 1.09 bits per heavy atom. The fourth-order valence-corrected chi connectivity index (χ4v) is 4.39. The highest BCUT2D eigenvalue weighted by molar-refractivity contribution is 5.92. The van der Waals surface area contributed by atoms with Gasteiger partial charge < -0.3 is 29.2 Å². The Kier molecular flexibility index (Phi) is 5.49. The Morgan fingerprint density at radius 3 is 2.62 bits per heavy atom. The van der Waals surface area contributed by atoms with Gasteiger partial charge in [0.05, 0.1) is 24.6 Å². The number of carbonyl (C=O) groups is 1. The van der Waals surface area contributed by atoms with Gasteiger partial charge in [0.15, 0.2) is 11.5 Å². The summed E-state index contributed by atoms with van der Waals surface area (Å²) < 4.78 is 23.6. The number of esters is 1. The highest BCUT2D eigenvalue weighted by atomic mass is 16.7. The van der Waals surface area contributed by atoms with Crippen LogP contribution in [0.3, 0.4) is 0 Å². The molecule has 0 aliphatic carbocycles. The fourth-order valence-electron chi connectivity index (χ4n) is 4.39. The highest BCUT2D eigenvalue weighted by Crippen LogP contribution is 2.41. The van der Waals surface area contributed by atoms with Gasteiger partial charge in [0.1, 0.15) is 11.3 Å². The molecule has 0 amide bonds. The summed E-state index contributed by atoms with van der Waals surface area (Å²) in [4.78, 5) is 26.8. The molecule has 2 N–H and O–H groups in total. The molecule has 0 radical (unpaired) electrons. The van der Waals surface area contributed by atoms with E-state index in [-0.39, 0.29) is 30.4 Å². The molecule has 0 unspecified atom stereocenters. The summed E-state index contributed by atoms with van der Waals surface area (Å²) in [5.41, 5.74) is 8.70. The second kappa shape index (κ2) is 8.62. The van der Waals surface area contributed by atoms with Crippen LogP contribution in [0.5, 0.6) is 17.2 Å². The van der Waals surface area contributed by atoms with Gasteiger partial charge in [0, 0.05) is 11.8 Å². The van der Waals surface area contributed by atoms with E-state index < -0.39 is 11.9 Å². The third-order valence-electron chi connectivity index (χ3n) is 5.98. The fraction of sp³-hybridized carbons (Fsp3) is 0.231. The van der Waals surface area contributed by atoms with Crippen molar-refractivity contribution >= 4 is 5.97 Å². The van der Waals surface area contributed by atoms with Crippen LogP contribution in [0.4, 0.5) is 0 Å². The number of aromatic nitrogens is 1. The van der Waals surface area contributed by atoms with Crippen molar-refractivity contribution in [1.29, 1.82) is 0 Å². The minimum atomic E-state index is -0.722. The summed E-state index contributed by atoms with van der Waals surface area (Å²) in [7, 11) is 0. The molecule has 174 valence electrons. The molecule has 8 heteroatoms. The zero-order chi connectivity index (χ0) is 23.8. The normalized spacial score (nSPS) is 16.1. The molecule has 0 fully saturated rings. The van der Waals surface area contributed by atoms with Gasteiger partial charge in [-0.3, -0.25) is 4.79 Å². The van der Waals surface area contributed by atoms with Crippen LogP contribution in [-0.2, 0) is 16.1 Å². The molecule has 5 rings (SSSR count). The first-order chi connectivity index (χ1) is 16.5. The molecule has 0 bridgehead atoms. The predicted octanol–water partition coefficient (Wildman–Crippen LogP) is 3.19. The van der Waals surface area contributed by atoms with Gasteiger partial charge in [0.2, 0.25) is 12.7 Å². The van der Waals surface area contributed by atoms with E-state index in [2.05, 4.69) is 0 Å². The summed E-state index contributed by atoms with van der Waals surface area (Å²) in [6.07, 6.45) is 0. The smallest absolute Gasteiger partial charge is 0.340 e. The predicted molar refractivity (Wildman–Crippen MR) is 124 cm³/mol. The molecule has 0 saturated carbocycles. The summed E-state index contributed by atoms with van der Waals surface area (Å²) in [5, 5.41) is 0. The Balaban J connectivity index is 1.65. The Morgan fingerprint density at radius 2 is 1.85 bits per heavy atom. The van der Waals surface area contributed by atoms with Crippen molar-refractivity contribution in [3.8, 4) is 17.2 Å². The van der Waals surface area contributed by atoms with Gasteiger partial charge in [-0.15, -0.1) is 0 Å². The van der Waals surface area contributed by atoms with Crippen LogP contribution in [-0.4, -0.2) is 23.9 Å². The van der Waals surface area contributed by atoms with E-state index >= 15 is 0 Å². The molecule has 1 aromatic heterocycles. The standard InChI is InChI=1S/C26H24N2O6/c1-3-31-26(30)23-21(17-7-5-4-6-8-17)22-20(34-24(23)27)11-15(2)28(25(22)29)13-16-9-10-18-19(12-16)33-14-32-18/h4-12,21H,3,13-14,27H2,1-2H3/t21-/m1/s1. The first-order valence-corrected chi connectivity index (χ1v) is 11.0. The van der Waals surface area contributed by atoms with E-state index in [1.165, 1.54) is 0 Å². The number of hydrogen-bond acceptors (Lipinski definition) is 7. The molecule has 2 aliphatic rings. The summed E-state index contributed by atoms with van der Waals surface area (Å²) >= 11 is 0. The molecule has 2 aliphatic heterocycles. The van der Waals surface area contributed by atoms with Crippen LogP contribution >= 0.6 is 0 Å². The lowest BCUT2D eigenvalue weighted by atomic mass is 9.83. The lowest BCUT2D eigenvalue weighted by Gasteiger charge is -2.29. The number of fused-ring (bicyclic) bond motifs is 2. The van der Waals surface area contributed by atoms with Crippen molar-refractivity contribution in [3.05, 3.63) is 98.8 Å². The molecule has 0 spiro atoms. The number of pyridine rings is 1. The van der Waals surface area contributed by atoms with Crippen LogP contribution in [0.1, 0.15) is 35.2 Å². The Labute approximate surface area is 196 Å². The number of carbonyl (C=O) groups excluding carboxylic acids is 1. The highest BCUT2D eigenvalue weighted by Gasteiger charge is 2.38. The molecule has 1 atom stereocenters. The van der Waals surface area contributed by atoms with Crippen LogP contribution in [0.25, 0.3) is 0 Å². The van der Waals surface area contributed by atoms with Crippen LogP contribution in [0.2, 0.25) is 0 Å². The van der Waals surface area contributed by atoms with Gasteiger partial charge in [-0.2, -0.15) is 0 Å². The van der Waals surface area contributed by atoms with Crippen molar-refractivity contribution in [3.63, 3.8) is 0 Å². The summed E-state index contributed by atoms with van der Waals surface area (Å²) in [6, 6.07) is 16.6. The number of rotatable bonds is 5. The third kappa shape index (κ3) is 3.67. The second-order valence-electron chi connectivity index (χ2n) is 8.09. The van der Waals surface area contributed by atoms with E-state index in [4.69, 9.17) is 24.7 Å². The van der Waals surface area contributed by atoms with E-state index in [9.17, 15) is 9.59 Å². The van der Waals surface area contributed by atoms with Gasteiger partial charge >= 0.3 is 5.97 Å². The van der Waals surface area contributed by atoms with Crippen molar-refractivity contribution < 1.29 is 23.7 Å². The largest absolute Gasteiger partial charge is 0.462 e. The number of aryl methyl sites for hydroxylation is 1. The van der Waals surface area contributed by atoms with Gasteiger partial charge in [-0.25, -0.2) is 4.79 Å². The maximum absolute atomic E-state index is 13.9. The zero-order valence-electron chi connectivity index (χ0n) is 18.9. The van der Waals surface area contributed by atoms with E-state index in [1.54, 1.807) is 17.6 Å². The van der Waals surface area contributed by atoms with Crippen molar-refractivity contribution in [2.45, 2.75) is 26.3 Å². The average Bonchev–Trinajstić information content (AvgIpc) is 3.29. The third-order valence-corrected chi connectivity index (χ3v) is 5.98. The molecule has 3 heterocycles. The minimum absolute atomic E-state index is 0.0628. The maximum Gasteiger partial charge on any atom is 0.340 e. The lowest BCUT2D eigenvalue weighted by Crippen LogP contribution is -2.35. The minimum Gasteiger partial charge on any atom is -0.462 e. The van der Waals surface area contributed by atoms with Crippen molar-refractivity contribution in [2.75, 3.05) is 13.4 Å². The molecule has 0 saturated heterocycles. The number of hydrogen-bond donors (Lipinski definition) is 1. The first kappa shape index (κ1) is 21.6. The molecule has 3 aromatic rings.